The molecule has 0 aliphatic carbocycles. The maximum absolute atomic E-state index is 9.53. The molecule has 1 atom stereocenters. The fraction of sp³-hybridized carbons (Fsp3) is 0.444. The van der Waals surface area contributed by atoms with Crippen molar-refractivity contribution in [3.63, 3.8) is 0 Å². The van der Waals surface area contributed by atoms with Gasteiger partial charge in [-0.25, -0.2) is 0 Å². The fourth-order valence-corrected chi connectivity index (χ4v) is 2.29. The first-order valence-electron chi connectivity index (χ1n) is 7.79. The lowest BCUT2D eigenvalue weighted by Gasteiger charge is -2.09. The molecule has 1 aromatic heterocycles. The monoisotopic (exact) mass is 374 g/mol. The van der Waals surface area contributed by atoms with Crippen LogP contribution in [0.15, 0.2) is 40.8 Å². The summed E-state index contributed by atoms with van der Waals surface area (Å²) in [7, 11) is 4.17. The Labute approximate surface area is 157 Å². The van der Waals surface area contributed by atoms with Crippen LogP contribution in [0.3, 0.4) is 0 Å². The third-order valence-electron chi connectivity index (χ3n) is 3.60. The predicted molar refractivity (Wildman–Crippen MR) is 104 cm³/mol. The van der Waals surface area contributed by atoms with Crippen molar-refractivity contribution in [1.29, 1.82) is 0 Å². The lowest BCUT2D eigenvalue weighted by Crippen LogP contribution is -2.20. The lowest BCUT2D eigenvalue weighted by molar-refractivity contribution is 0.199. The van der Waals surface area contributed by atoms with Crippen LogP contribution in [-0.2, 0) is 6.54 Å². The zero-order valence-electron chi connectivity index (χ0n) is 14.5. The highest BCUT2D eigenvalue weighted by molar-refractivity contribution is 5.85. The first kappa shape index (κ1) is 23.0. The standard InChI is InChI=1S/C18H26N2O2.2ClH/c1-14(21)15-5-7-16(8-6-15)18-10-9-17(22-18)13-19-11-4-12-20(2)3;;/h5-10,14,19,21H,4,11-13H2,1-3H3;2*1H. The molecule has 0 spiro atoms. The van der Waals surface area contributed by atoms with Crippen LogP contribution in [0.5, 0.6) is 0 Å². The van der Waals surface area contributed by atoms with Crippen molar-refractivity contribution < 1.29 is 9.52 Å². The van der Waals surface area contributed by atoms with E-state index in [0.29, 0.717) is 0 Å². The Kier molecular flexibility index (Phi) is 11.0. The molecule has 1 unspecified atom stereocenters. The number of aliphatic hydroxyl groups is 1. The Morgan fingerprint density at radius 1 is 1.08 bits per heavy atom. The van der Waals surface area contributed by atoms with Crippen LogP contribution < -0.4 is 5.32 Å². The third-order valence-corrected chi connectivity index (χ3v) is 3.60. The summed E-state index contributed by atoms with van der Waals surface area (Å²) in [5, 5.41) is 12.9. The van der Waals surface area contributed by atoms with Gasteiger partial charge in [0.05, 0.1) is 12.6 Å². The second-order valence-electron chi connectivity index (χ2n) is 5.90. The van der Waals surface area contributed by atoms with Crippen molar-refractivity contribution in [3.05, 3.63) is 47.7 Å². The number of hydrogen-bond acceptors (Lipinski definition) is 4. The average Bonchev–Trinajstić information content (AvgIpc) is 2.95. The van der Waals surface area contributed by atoms with E-state index in [9.17, 15) is 5.11 Å². The Morgan fingerprint density at radius 2 is 1.75 bits per heavy atom. The maximum atomic E-state index is 9.53. The summed E-state index contributed by atoms with van der Waals surface area (Å²) in [5.74, 6) is 1.81. The largest absolute Gasteiger partial charge is 0.460 e. The predicted octanol–water partition coefficient (Wildman–Crippen LogP) is 3.88. The van der Waals surface area contributed by atoms with Crippen LogP contribution in [-0.4, -0.2) is 37.2 Å². The fourth-order valence-electron chi connectivity index (χ4n) is 2.29. The van der Waals surface area contributed by atoms with E-state index in [1.165, 1.54) is 0 Å². The molecule has 0 saturated carbocycles. The molecular weight excluding hydrogens is 347 g/mol. The minimum Gasteiger partial charge on any atom is -0.460 e. The summed E-state index contributed by atoms with van der Waals surface area (Å²) in [4.78, 5) is 2.18. The molecule has 2 N–H and O–H groups in total. The van der Waals surface area contributed by atoms with Crippen molar-refractivity contribution in [1.82, 2.24) is 10.2 Å². The first-order chi connectivity index (χ1) is 10.6. The van der Waals surface area contributed by atoms with Gasteiger partial charge in [0.15, 0.2) is 0 Å². The summed E-state index contributed by atoms with van der Waals surface area (Å²) in [6.07, 6.45) is 0.689. The third kappa shape index (κ3) is 7.24. The summed E-state index contributed by atoms with van der Waals surface area (Å²) in [6, 6.07) is 11.8. The summed E-state index contributed by atoms with van der Waals surface area (Å²) < 4.78 is 5.86. The number of furan rings is 1. The van der Waals surface area contributed by atoms with Crippen molar-refractivity contribution in [2.24, 2.45) is 0 Å². The van der Waals surface area contributed by atoms with Crippen molar-refractivity contribution in [2.45, 2.75) is 26.0 Å². The second-order valence-corrected chi connectivity index (χ2v) is 5.90. The van der Waals surface area contributed by atoms with E-state index < -0.39 is 6.10 Å². The number of aliphatic hydroxyl groups excluding tert-OH is 1. The average molecular weight is 375 g/mol. The molecule has 0 radical (unpaired) electrons. The molecule has 1 aromatic carbocycles. The highest BCUT2D eigenvalue weighted by atomic mass is 35.5. The minimum atomic E-state index is -0.437. The normalized spacial score (nSPS) is 11.7. The Bertz CT molecular complexity index is 569. The van der Waals surface area contributed by atoms with E-state index in [1.54, 1.807) is 6.92 Å². The molecule has 0 bridgehead atoms. The van der Waals surface area contributed by atoms with Gasteiger partial charge in [0.25, 0.3) is 0 Å². The van der Waals surface area contributed by atoms with E-state index in [2.05, 4.69) is 24.3 Å². The molecule has 24 heavy (non-hydrogen) atoms. The molecule has 0 saturated heterocycles. The number of nitrogens with one attached hydrogen (secondary N) is 1. The first-order valence-corrected chi connectivity index (χ1v) is 7.79. The van der Waals surface area contributed by atoms with Gasteiger partial charge in [0, 0.05) is 5.56 Å². The zero-order chi connectivity index (χ0) is 15.9. The Balaban J connectivity index is 0.00000264. The molecule has 136 valence electrons. The van der Waals surface area contributed by atoms with Crippen LogP contribution in [0.4, 0.5) is 0 Å². The zero-order valence-corrected chi connectivity index (χ0v) is 16.1. The van der Waals surface area contributed by atoms with Gasteiger partial charge < -0.3 is 19.7 Å². The van der Waals surface area contributed by atoms with Crippen LogP contribution in [0.2, 0.25) is 0 Å². The van der Waals surface area contributed by atoms with E-state index >= 15 is 0 Å². The molecule has 2 aromatic rings. The van der Waals surface area contributed by atoms with E-state index in [4.69, 9.17) is 4.42 Å². The van der Waals surface area contributed by atoms with Gasteiger partial charge in [-0.1, -0.05) is 24.3 Å². The SMILES string of the molecule is CC(O)c1ccc(-c2ccc(CNCCCN(C)C)o2)cc1.Cl.Cl. The number of benzene rings is 1. The van der Waals surface area contributed by atoms with Crippen LogP contribution in [0, 0.1) is 0 Å². The van der Waals surface area contributed by atoms with Gasteiger partial charge in [-0.05, 0) is 58.2 Å². The summed E-state index contributed by atoms with van der Waals surface area (Å²) in [5.41, 5.74) is 1.95. The van der Waals surface area contributed by atoms with E-state index in [1.807, 2.05) is 36.4 Å². The maximum Gasteiger partial charge on any atom is 0.134 e. The molecule has 6 heteroatoms. The van der Waals surface area contributed by atoms with Gasteiger partial charge in [-0.3, -0.25) is 0 Å². The quantitative estimate of drug-likeness (QED) is 0.688. The molecule has 4 nitrogen and oxygen atoms in total. The second kappa shape index (κ2) is 11.5. The molecule has 0 aliphatic heterocycles. The number of halogens is 2. The summed E-state index contributed by atoms with van der Waals surface area (Å²) >= 11 is 0. The number of hydrogen-bond donors (Lipinski definition) is 2. The van der Waals surface area contributed by atoms with Crippen LogP contribution >= 0.6 is 24.8 Å². The van der Waals surface area contributed by atoms with E-state index in [0.717, 1.165) is 48.7 Å². The van der Waals surface area contributed by atoms with Crippen molar-refractivity contribution >= 4 is 24.8 Å². The highest BCUT2D eigenvalue weighted by Gasteiger charge is 2.06. The number of nitrogens with zero attached hydrogens (tertiary/aromatic N) is 1. The van der Waals surface area contributed by atoms with Crippen molar-refractivity contribution in [2.75, 3.05) is 27.2 Å². The molecule has 1 heterocycles. The smallest absolute Gasteiger partial charge is 0.134 e. The van der Waals surface area contributed by atoms with Crippen molar-refractivity contribution in [3.8, 4) is 11.3 Å². The highest BCUT2D eigenvalue weighted by Crippen LogP contribution is 2.24. The molecule has 0 amide bonds. The molecule has 0 fully saturated rings. The minimum absolute atomic E-state index is 0. The van der Waals surface area contributed by atoms with Gasteiger partial charge in [0.2, 0.25) is 0 Å². The van der Waals surface area contributed by atoms with Gasteiger partial charge in [-0.15, -0.1) is 24.8 Å². The van der Waals surface area contributed by atoms with Crippen LogP contribution in [0.1, 0.15) is 30.8 Å². The van der Waals surface area contributed by atoms with Gasteiger partial charge in [-0.2, -0.15) is 0 Å². The molecule has 0 aliphatic rings. The summed E-state index contributed by atoms with van der Waals surface area (Å²) in [6.45, 7) is 4.59. The van der Waals surface area contributed by atoms with Gasteiger partial charge in [0.1, 0.15) is 11.5 Å². The lowest BCUT2D eigenvalue weighted by atomic mass is 10.1. The Hall–Kier alpha value is -1.04. The topological polar surface area (TPSA) is 48.6 Å². The van der Waals surface area contributed by atoms with Gasteiger partial charge >= 0.3 is 0 Å². The van der Waals surface area contributed by atoms with Crippen LogP contribution in [0.25, 0.3) is 11.3 Å². The molecular formula is C18H28Cl2N2O2. The van der Waals surface area contributed by atoms with E-state index in [-0.39, 0.29) is 24.8 Å². The molecule has 2 rings (SSSR count). The number of rotatable bonds is 8. The Morgan fingerprint density at radius 3 is 2.33 bits per heavy atom.